The number of methoxy groups -OCH3 is 1. The highest BCUT2D eigenvalue weighted by Gasteiger charge is 2.28. The van der Waals surface area contributed by atoms with Crippen molar-refractivity contribution in [3.05, 3.63) is 23.1 Å². The van der Waals surface area contributed by atoms with E-state index in [-0.39, 0.29) is 17.9 Å². The molecule has 0 bridgehead atoms. The molecular formula is C18H24BrN5O2. The van der Waals surface area contributed by atoms with Gasteiger partial charge in [0.15, 0.2) is 0 Å². The molecule has 8 heteroatoms. The molecule has 0 saturated heterocycles. The summed E-state index contributed by atoms with van der Waals surface area (Å²) in [6, 6.07) is 2.52. The highest BCUT2D eigenvalue weighted by Crippen LogP contribution is 2.34. The Balaban J connectivity index is 1.76. The molecule has 140 valence electrons. The minimum absolute atomic E-state index is 0.0109. The van der Waals surface area contributed by atoms with Crippen molar-refractivity contribution in [2.45, 2.75) is 51.6 Å². The Labute approximate surface area is 161 Å². The van der Waals surface area contributed by atoms with Gasteiger partial charge in [-0.05, 0) is 61.5 Å². The summed E-state index contributed by atoms with van der Waals surface area (Å²) in [5.74, 6) is -0.0928. The molecule has 0 spiro atoms. The smallest absolute Gasteiger partial charge is 0.308 e. The number of anilines is 1. The third-order valence-corrected chi connectivity index (χ3v) is 5.14. The number of nitrogens with zero attached hydrogens (tertiary/aromatic N) is 4. The van der Waals surface area contributed by atoms with Crippen LogP contribution in [0, 0.1) is 5.92 Å². The van der Waals surface area contributed by atoms with Gasteiger partial charge in [0.25, 0.3) is 0 Å². The summed E-state index contributed by atoms with van der Waals surface area (Å²) in [6.07, 6.45) is 7.23. The fourth-order valence-electron chi connectivity index (χ4n) is 3.39. The van der Waals surface area contributed by atoms with Crippen molar-refractivity contribution >= 4 is 27.6 Å². The molecule has 0 atom stereocenters. The quantitative estimate of drug-likeness (QED) is 0.583. The van der Waals surface area contributed by atoms with E-state index in [1.165, 1.54) is 7.11 Å². The first-order valence-electron chi connectivity index (χ1n) is 8.90. The van der Waals surface area contributed by atoms with Crippen LogP contribution in [0.5, 0.6) is 0 Å². The third-order valence-electron chi connectivity index (χ3n) is 4.71. The van der Waals surface area contributed by atoms with E-state index in [1.807, 2.05) is 16.9 Å². The van der Waals surface area contributed by atoms with Gasteiger partial charge in [-0.3, -0.25) is 4.79 Å². The highest BCUT2D eigenvalue weighted by molar-refractivity contribution is 9.10. The number of pyridine rings is 1. The predicted octanol–water partition coefficient (Wildman–Crippen LogP) is 3.83. The average Bonchev–Trinajstić information content (AvgIpc) is 3.10. The highest BCUT2D eigenvalue weighted by atomic mass is 79.9. The number of halogens is 1. The molecule has 3 rings (SSSR count). The molecule has 0 amide bonds. The molecule has 1 N–H and O–H groups in total. The van der Waals surface area contributed by atoms with Crippen LogP contribution in [0.25, 0.3) is 11.3 Å². The molecule has 1 fully saturated rings. The Bertz CT molecular complexity index is 769. The number of esters is 1. The van der Waals surface area contributed by atoms with E-state index in [4.69, 9.17) is 4.74 Å². The Morgan fingerprint density at radius 1 is 1.35 bits per heavy atom. The number of carbonyl (C=O) groups is 1. The van der Waals surface area contributed by atoms with Crippen molar-refractivity contribution in [3.8, 4) is 11.3 Å². The van der Waals surface area contributed by atoms with Gasteiger partial charge < -0.3 is 10.1 Å². The van der Waals surface area contributed by atoms with Crippen molar-refractivity contribution in [1.82, 2.24) is 20.0 Å². The van der Waals surface area contributed by atoms with Crippen LogP contribution in [0.4, 0.5) is 5.69 Å². The van der Waals surface area contributed by atoms with Crippen LogP contribution in [0.2, 0.25) is 0 Å². The van der Waals surface area contributed by atoms with Gasteiger partial charge in [-0.25, -0.2) is 9.67 Å². The lowest BCUT2D eigenvalue weighted by Gasteiger charge is -2.26. The van der Waals surface area contributed by atoms with Gasteiger partial charge in [-0.15, -0.1) is 5.10 Å². The summed E-state index contributed by atoms with van der Waals surface area (Å²) in [6.45, 7) is 4.18. The van der Waals surface area contributed by atoms with Crippen molar-refractivity contribution in [3.63, 3.8) is 0 Å². The summed E-state index contributed by atoms with van der Waals surface area (Å²) >= 11 is 3.42. The number of carbonyl (C=O) groups excluding carboxylic acids is 1. The summed E-state index contributed by atoms with van der Waals surface area (Å²) in [5.41, 5.74) is 2.70. The van der Waals surface area contributed by atoms with Crippen LogP contribution in [-0.2, 0) is 9.53 Å². The Morgan fingerprint density at radius 3 is 2.73 bits per heavy atom. The molecule has 1 saturated carbocycles. The number of rotatable bonds is 5. The van der Waals surface area contributed by atoms with E-state index in [0.29, 0.717) is 6.04 Å². The van der Waals surface area contributed by atoms with Gasteiger partial charge in [0.05, 0.1) is 25.3 Å². The zero-order valence-corrected chi connectivity index (χ0v) is 16.9. The number of aromatic nitrogens is 4. The van der Waals surface area contributed by atoms with Crippen LogP contribution in [-0.4, -0.2) is 39.1 Å². The molecular weight excluding hydrogens is 398 g/mol. The summed E-state index contributed by atoms with van der Waals surface area (Å²) < 4.78 is 7.55. The van der Waals surface area contributed by atoms with Crippen molar-refractivity contribution < 1.29 is 9.53 Å². The normalized spacial score (nSPS) is 20.2. The fraction of sp³-hybridized carbons (Fsp3) is 0.556. The molecule has 1 aliphatic rings. The van der Waals surface area contributed by atoms with Gasteiger partial charge in [0, 0.05) is 23.5 Å². The lowest BCUT2D eigenvalue weighted by atomic mass is 9.86. The van der Waals surface area contributed by atoms with E-state index in [1.54, 1.807) is 6.20 Å². The van der Waals surface area contributed by atoms with Crippen LogP contribution in [0.3, 0.4) is 0 Å². The van der Waals surface area contributed by atoms with Gasteiger partial charge >= 0.3 is 5.97 Å². The maximum Gasteiger partial charge on any atom is 0.308 e. The SMILES string of the molecule is COC(=O)[C@H]1CC[C@H](n2cc(-c3cnc(Br)cc3NC(C)C)nn2)CC1. The third kappa shape index (κ3) is 4.23. The first-order chi connectivity index (χ1) is 12.5. The van der Waals surface area contributed by atoms with Gasteiger partial charge in [0.1, 0.15) is 10.3 Å². The maximum atomic E-state index is 11.7. The number of hydrogen-bond donors (Lipinski definition) is 1. The van der Waals surface area contributed by atoms with Crippen molar-refractivity contribution in [1.29, 1.82) is 0 Å². The molecule has 2 aromatic rings. The molecule has 0 aliphatic heterocycles. The summed E-state index contributed by atoms with van der Waals surface area (Å²) in [5, 5.41) is 12.1. The van der Waals surface area contributed by atoms with Crippen molar-refractivity contribution in [2.75, 3.05) is 12.4 Å². The zero-order valence-electron chi connectivity index (χ0n) is 15.3. The standard InChI is InChI=1S/C18H24BrN5O2/c1-11(2)21-15-8-17(19)20-9-14(15)16-10-24(23-22-16)13-6-4-12(5-7-13)18(25)26-3/h8-13H,4-7H2,1-3H3,(H,20,21)/t12-,13-. The van der Waals surface area contributed by atoms with Crippen LogP contribution < -0.4 is 5.32 Å². The second kappa shape index (κ2) is 8.16. The van der Waals surface area contributed by atoms with Gasteiger partial charge in [-0.2, -0.15) is 0 Å². The second-order valence-electron chi connectivity index (χ2n) is 6.96. The second-order valence-corrected chi connectivity index (χ2v) is 7.78. The fourth-order valence-corrected chi connectivity index (χ4v) is 3.72. The minimum Gasteiger partial charge on any atom is -0.469 e. The molecule has 2 aromatic heterocycles. The predicted molar refractivity (Wildman–Crippen MR) is 103 cm³/mol. The zero-order chi connectivity index (χ0) is 18.7. The number of ether oxygens (including phenoxy) is 1. The topological polar surface area (TPSA) is 81.9 Å². The van der Waals surface area contributed by atoms with Crippen molar-refractivity contribution in [2.24, 2.45) is 5.92 Å². The average molecular weight is 422 g/mol. The Morgan fingerprint density at radius 2 is 2.08 bits per heavy atom. The molecule has 2 heterocycles. The van der Waals surface area contributed by atoms with Gasteiger partial charge in [0.2, 0.25) is 0 Å². The van der Waals surface area contributed by atoms with E-state index in [9.17, 15) is 4.79 Å². The molecule has 0 radical (unpaired) electrons. The van der Waals surface area contributed by atoms with E-state index in [0.717, 1.165) is 47.2 Å². The van der Waals surface area contributed by atoms with Gasteiger partial charge in [-0.1, -0.05) is 5.21 Å². The molecule has 1 aliphatic carbocycles. The minimum atomic E-state index is -0.104. The lowest BCUT2D eigenvalue weighted by Crippen LogP contribution is -2.24. The molecule has 0 unspecified atom stereocenters. The van der Waals surface area contributed by atoms with E-state index < -0.39 is 0 Å². The number of nitrogens with one attached hydrogen (secondary N) is 1. The first-order valence-corrected chi connectivity index (χ1v) is 9.69. The largest absolute Gasteiger partial charge is 0.469 e. The monoisotopic (exact) mass is 421 g/mol. The lowest BCUT2D eigenvalue weighted by molar-refractivity contribution is -0.146. The van der Waals surface area contributed by atoms with E-state index >= 15 is 0 Å². The maximum absolute atomic E-state index is 11.7. The van der Waals surface area contributed by atoms with Crippen LogP contribution in [0.1, 0.15) is 45.6 Å². The Hall–Kier alpha value is -1.96. The first kappa shape index (κ1) is 18.8. The van der Waals surface area contributed by atoms with E-state index in [2.05, 4.69) is 50.4 Å². The molecule has 0 aromatic carbocycles. The summed E-state index contributed by atoms with van der Waals surface area (Å²) in [7, 11) is 1.45. The molecule has 26 heavy (non-hydrogen) atoms. The molecule has 7 nitrogen and oxygen atoms in total. The number of hydrogen-bond acceptors (Lipinski definition) is 6. The summed E-state index contributed by atoms with van der Waals surface area (Å²) in [4.78, 5) is 16.0. The van der Waals surface area contributed by atoms with Crippen LogP contribution in [0.15, 0.2) is 23.1 Å². The van der Waals surface area contributed by atoms with Crippen LogP contribution >= 0.6 is 15.9 Å². The Kier molecular flexibility index (Phi) is 5.90.